The zero-order valence-corrected chi connectivity index (χ0v) is 7.38. The number of rotatable bonds is 1. The lowest BCUT2D eigenvalue weighted by Gasteiger charge is -2.01. The molecular weight excluding hydrogens is 178 g/mol. The second kappa shape index (κ2) is 3.37. The van der Waals surface area contributed by atoms with Gasteiger partial charge in [-0.1, -0.05) is 11.6 Å². The van der Waals surface area contributed by atoms with Gasteiger partial charge in [-0.3, -0.25) is 0 Å². The van der Waals surface area contributed by atoms with Gasteiger partial charge in [0, 0.05) is 0 Å². The fourth-order valence-electron chi connectivity index (χ4n) is 0.699. The van der Waals surface area contributed by atoms with Crippen molar-refractivity contribution in [2.45, 2.75) is 6.92 Å². The van der Waals surface area contributed by atoms with Crippen LogP contribution in [0.25, 0.3) is 0 Å². The molecule has 1 heterocycles. The fraction of sp³-hybridized carbons (Fsp3) is 0.286. The molecule has 0 bridgehead atoms. The highest BCUT2D eigenvalue weighted by Gasteiger charge is 2.08. The van der Waals surface area contributed by atoms with Crippen molar-refractivity contribution in [3.8, 4) is 12.1 Å². The van der Waals surface area contributed by atoms with Crippen molar-refractivity contribution in [1.82, 2.24) is 9.97 Å². The van der Waals surface area contributed by atoms with Crippen molar-refractivity contribution in [2.75, 3.05) is 7.11 Å². The summed E-state index contributed by atoms with van der Waals surface area (Å²) >= 11 is 5.72. The first-order valence-electron chi connectivity index (χ1n) is 3.17. The molecular formula is C7H6ClN3O. The second-order valence-electron chi connectivity index (χ2n) is 2.07. The van der Waals surface area contributed by atoms with Gasteiger partial charge in [-0.2, -0.15) is 15.2 Å². The molecule has 0 unspecified atom stereocenters. The van der Waals surface area contributed by atoms with Gasteiger partial charge >= 0.3 is 6.01 Å². The van der Waals surface area contributed by atoms with Gasteiger partial charge in [-0.05, 0) is 6.92 Å². The number of hydrogen-bond donors (Lipinski definition) is 0. The molecule has 0 aliphatic heterocycles. The third kappa shape index (κ3) is 1.46. The first kappa shape index (κ1) is 8.75. The molecule has 0 fully saturated rings. The van der Waals surface area contributed by atoms with Crippen LogP contribution in [-0.2, 0) is 0 Å². The first-order valence-corrected chi connectivity index (χ1v) is 3.55. The molecule has 12 heavy (non-hydrogen) atoms. The number of nitriles is 1. The predicted molar refractivity (Wildman–Crippen MR) is 43.0 cm³/mol. The van der Waals surface area contributed by atoms with Crippen molar-refractivity contribution in [3.63, 3.8) is 0 Å². The van der Waals surface area contributed by atoms with E-state index < -0.39 is 0 Å². The summed E-state index contributed by atoms with van der Waals surface area (Å²) in [5.74, 6) is 0. The van der Waals surface area contributed by atoms with E-state index in [1.807, 2.05) is 6.07 Å². The molecule has 0 radical (unpaired) electrons. The van der Waals surface area contributed by atoms with Crippen LogP contribution < -0.4 is 4.74 Å². The molecule has 0 N–H and O–H groups in total. The minimum atomic E-state index is 0.140. The molecule has 1 aromatic rings. The Balaban J connectivity index is 3.31. The standard InChI is InChI=1S/C7H6ClN3O/c1-4-6(8)5(3-9)11-7(10-4)12-2/h1-2H3. The van der Waals surface area contributed by atoms with Gasteiger partial charge in [0.15, 0.2) is 5.69 Å². The zero-order chi connectivity index (χ0) is 9.14. The van der Waals surface area contributed by atoms with E-state index in [4.69, 9.17) is 21.6 Å². The number of hydrogen-bond acceptors (Lipinski definition) is 4. The average Bonchev–Trinajstić information content (AvgIpc) is 2.09. The molecule has 1 rings (SSSR count). The van der Waals surface area contributed by atoms with E-state index in [2.05, 4.69) is 9.97 Å². The van der Waals surface area contributed by atoms with Crippen LogP contribution in [0.5, 0.6) is 6.01 Å². The van der Waals surface area contributed by atoms with E-state index in [1.54, 1.807) is 6.92 Å². The highest BCUT2D eigenvalue weighted by atomic mass is 35.5. The zero-order valence-electron chi connectivity index (χ0n) is 6.63. The third-order valence-electron chi connectivity index (χ3n) is 1.28. The lowest BCUT2D eigenvalue weighted by Crippen LogP contribution is -1.97. The molecule has 5 heteroatoms. The topological polar surface area (TPSA) is 58.8 Å². The molecule has 0 aromatic carbocycles. The Morgan fingerprint density at radius 2 is 2.17 bits per heavy atom. The van der Waals surface area contributed by atoms with E-state index >= 15 is 0 Å². The monoisotopic (exact) mass is 183 g/mol. The number of aryl methyl sites for hydroxylation is 1. The minimum absolute atomic E-state index is 0.140. The molecule has 0 saturated carbocycles. The maximum atomic E-state index is 8.58. The van der Waals surface area contributed by atoms with Crippen molar-refractivity contribution < 1.29 is 4.74 Å². The third-order valence-corrected chi connectivity index (χ3v) is 1.74. The fourth-order valence-corrected chi connectivity index (χ4v) is 0.826. The summed E-state index contributed by atoms with van der Waals surface area (Å²) in [5, 5.41) is 8.86. The number of halogens is 1. The molecule has 0 amide bonds. The van der Waals surface area contributed by atoms with Gasteiger partial charge in [-0.25, -0.2) is 0 Å². The average molecular weight is 184 g/mol. The first-order chi connectivity index (χ1) is 5.69. The normalized spacial score (nSPS) is 9.17. The van der Waals surface area contributed by atoms with E-state index in [1.165, 1.54) is 7.11 Å². The Hall–Kier alpha value is -1.34. The van der Waals surface area contributed by atoms with E-state index in [9.17, 15) is 0 Å². The smallest absolute Gasteiger partial charge is 0.317 e. The maximum Gasteiger partial charge on any atom is 0.317 e. The Morgan fingerprint density at radius 1 is 1.50 bits per heavy atom. The molecule has 62 valence electrons. The van der Waals surface area contributed by atoms with Gasteiger partial charge in [0.05, 0.1) is 17.8 Å². The summed E-state index contributed by atoms with van der Waals surface area (Å²) < 4.78 is 4.76. The van der Waals surface area contributed by atoms with E-state index in [0.717, 1.165) is 0 Å². The van der Waals surface area contributed by atoms with Crippen LogP contribution in [0.15, 0.2) is 0 Å². The Morgan fingerprint density at radius 3 is 2.67 bits per heavy atom. The quantitative estimate of drug-likeness (QED) is 0.659. The molecule has 0 saturated heterocycles. The Kier molecular flexibility index (Phi) is 2.46. The van der Waals surface area contributed by atoms with E-state index in [-0.39, 0.29) is 16.7 Å². The molecule has 4 nitrogen and oxygen atoms in total. The van der Waals surface area contributed by atoms with Crippen molar-refractivity contribution in [3.05, 3.63) is 16.4 Å². The van der Waals surface area contributed by atoms with Gasteiger partial charge in [0.2, 0.25) is 0 Å². The number of methoxy groups -OCH3 is 1. The van der Waals surface area contributed by atoms with E-state index in [0.29, 0.717) is 5.69 Å². The van der Waals surface area contributed by atoms with Crippen LogP contribution in [0.1, 0.15) is 11.4 Å². The molecule has 0 aliphatic carbocycles. The Labute approximate surface area is 74.8 Å². The molecule has 0 aliphatic rings. The molecule has 0 spiro atoms. The minimum Gasteiger partial charge on any atom is -0.467 e. The Bertz CT molecular complexity index is 345. The van der Waals surface area contributed by atoms with Gasteiger partial charge in [-0.15, -0.1) is 0 Å². The van der Waals surface area contributed by atoms with Crippen molar-refractivity contribution in [1.29, 1.82) is 5.26 Å². The van der Waals surface area contributed by atoms with Crippen LogP contribution in [-0.4, -0.2) is 17.1 Å². The highest BCUT2D eigenvalue weighted by Crippen LogP contribution is 2.18. The maximum absolute atomic E-state index is 8.58. The SMILES string of the molecule is COc1nc(C)c(Cl)c(C#N)n1. The van der Waals surface area contributed by atoms with Gasteiger partial charge in [0.1, 0.15) is 6.07 Å². The summed E-state index contributed by atoms with van der Waals surface area (Å²) in [6.07, 6.45) is 0. The van der Waals surface area contributed by atoms with Crippen molar-refractivity contribution in [2.24, 2.45) is 0 Å². The number of ether oxygens (including phenoxy) is 1. The lowest BCUT2D eigenvalue weighted by molar-refractivity contribution is 0.378. The van der Waals surface area contributed by atoms with Crippen molar-refractivity contribution >= 4 is 11.6 Å². The van der Waals surface area contributed by atoms with Crippen LogP contribution in [0, 0.1) is 18.3 Å². The van der Waals surface area contributed by atoms with Crippen LogP contribution in [0.2, 0.25) is 5.02 Å². The lowest BCUT2D eigenvalue weighted by atomic mass is 10.3. The highest BCUT2D eigenvalue weighted by molar-refractivity contribution is 6.32. The van der Waals surface area contributed by atoms with Gasteiger partial charge in [0.25, 0.3) is 0 Å². The summed E-state index contributed by atoms with van der Waals surface area (Å²) in [7, 11) is 1.43. The second-order valence-corrected chi connectivity index (χ2v) is 2.45. The largest absolute Gasteiger partial charge is 0.467 e. The molecule has 1 aromatic heterocycles. The summed E-state index contributed by atoms with van der Waals surface area (Å²) in [6, 6.07) is 2.01. The molecule has 0 atom stereocenters. The van der Waals surface area contributed by atoms with Crippen LogP contribution >= 0.6 is 11.6 Å². The van der Waals surface area contributed by atoms with Crippen LogP contribution in [0.3, 0.4) is 0 Å². The van der Waals surface area contributed by atoms with Gasteiger partial charge < -0.3 is 4.74 Å². The van der Waals surface area contributed by atoms with Crippen LogP contribution in [0.4, 0.5) is 0 Å². The number of aromatic nitrogens is 2. The summed E-state index contributed by atoms with van der Waals surface area (Å²) in [6.45, 7) is 1.69. The predicted octanol–water partition coefficient (Wildman–Crippen LogP) is 1.32. The summed E-state index contributed by atoms with van der Waals surface area (Å²) in [5.41, 5.74) is 0.682. The summed E-state index contributed by atoms with van der Waals surface area (Å²) in [4.78, 5) is 7.63. The number of nitrogens with zero attached hydrogens (tertiary/aromatic N) is 3.